The predicted octanol–water partition coefficient (Wildman–Crippen LogP) is 0.491. The molecule has 1 fully saturated rings. The monoisotopic (exact) mass is 213 g/mol. The van der Waals surface area contributed by atoms with Gasteiger partial charge < -0.3 is 5.11 Å². The fourth-order valence-electron chi connectivity index (χ4n) is 1.67. The van der Waals surface area contributed by atoms with Crippen LogP contribution in [0.1, 0.15) is 27.2 Å². The average Bonchev–Trinajstić information content (AvgIpc) is 2.39. The van der Waals surface area contributed by atoms with Crippen molar-refractivity contribution in [1.29, 1.82) is 0 Å². The molecule has 3 unspecified atom stereocenters. The molecule has 1 N–H and O–H groups in total. The molecule has 15 heavy (non-hydrogen) atoms. The summed E-state index contributed by atoms with van der Waals surface area (Å²) in [6.45, 7) is 4.77. The van der Waals surface area contributed by atoms with Crippen molar-refractivity contribution in [2.24, 2.45) is 11.8 Å². The van der Waals surface area contributed by atoms with Crippen LogP contribution in [0.4, 0.5) is 0 Å². The van der Waals surface area contributed by atoms with E-state index in [1.165, 1.54) is 6.92 Å². The fourth-order valence-corrected chi connectivity index (χ4v) is 1.67. The molecule has 0 aromatic rings. The zero-order chi connectivity index (χ0) is 11.7. The summed E-state index contributed by atoms with van der Waals surface area (Å²) in [6.07, 6.45) is 0.190. The molecule has 84 valence electrons. The third-order valence-electron chi connectivity index (χ3n) is 2.93. The first-order valence-corrected chi connectivity index (χ1v) is 4.95. The highest BCUT2D eigenvalue weighted by molar-refractivity contribution is 6.03. The summed E-state index contributed by atoms with van der Waals surface area (Å²) >= 11 is 0. The van der Waals surface area contributed by atoms with E-state index in [0.717, 1.165) is 4.90 Å². The van der Waals surface area contributed by atoms with Crippen molar-refractivity contribution in [2.75, 3.05) is 0 Å². The Morgan fingerprint density at radius 3 is 2.33 bits per heavy atom. The first-order valence-electron chi connectivity index (χ1n) is 4.95. The van der Waals surface area contributed by atoms with Gasteiger partial charge in [-0.3, -0.25) is 19.3 Å². The van der Waals surface area contributed by atoms with Crippen LogP contribution in [0.15, 0.2) is 0 Å². The van der Waals surface area contributed by atoms with Crippen LogP contribution in [0.2, 0.25) is 0 Å². The number of carboxylic acid groups (broad SMARTS) is 1. The van der Waals surface area contributed by atoms with Gasteiger partial charge in [-0.1, -0.05) is 6.92 Å². The molecule has 0 aliphatic carbocycles. The molecule has 2 amide bonds. The summed E-state index contributed by atoms with van der Waals surface area (Å²) < 4.78 is 0. The second-order valence-electron chi connectivity index (χ2n) is 4.07. The SMILES string of the molecule is CC1CC(=O)N(C(C)C(C)C(=O)O)C1=O. The van der Waals surface area contributed by atoms with Gasteiger partial charge in [0.05, 0.1) is 5.92 Å². The molecule has 5 nitrogen and oxygen atoms in total. The second kappa shape index (κ2) is 4.00. The summed E-state index contributed by atoms with van der Waals surface area (Å²) in [7, 11) is 0. The molecule has 5 heteroatoms. The molecule has 1 aliphatic rings. The highest BCUT2D eigenvalue weighted by Gasteiger charge is 2.41. The van der Waals surface area contributed by atoms with E-state index in [2.05, 4.69) is 0 Å². The zero-order valence-corrected chi connectivity index (χ0v) is 9.06. The molecule has 0 aromatic carbocycles. The zero-order valence-electron chi connectivity index (χ0n) is 9.06. The van der Waals surface area contributed by atoms with Crippen LogP contribution in [0.3, 0.4) is 0 Å². The maximum atomic E-state index is 11.6. The van der Waals surface area contributed by atoms with Crippen LogP contribution in [-0.4, -0.2) is 33.8 Å². The highest BCUT2D eigenvalue weighted by atomic mass is 16.4. The van der Waals surface area contributed by atoms with E-state index in [0.29, 0.717) is 0 Å². The number of likely N-dealkylation sites (tertiary alicyclic amines) is 1. The van der Waals surface area contributed by atoms with Gasteiger partial charge in [-0.05, 0) is 13.8 Å². The van der Waals surface area contributed by atoms with Crippen molar-refractivity contribution in [2.45, 2.75) is 33.2 Å². The number of aliphatic carboxylic acids is 1. The Morgan fingerprint density at radius 1 is 1.47 bits per heavy atom. The Balaban J connectivity index is 2.84. The predicted molar refractivity (Wildman–Crippen MR) is 51.9 cm³/mol. The number of rotatable bonds is 3. The standard InChI is InChI=1S/C10H15NO4/c1-5-4-8(12)11(9(5)13)7(3)6(2)10(14)15/h5-7H,4H2,1-3H3,(H,14,15). The van der Waals surface area contributed by atoms with Crippen LogP contribution < -0.4 is 0 Å². The number of imide groups is 1. The Bertz CT molecular complexity index is 313. The number of amides is 2. The number of hydrogen-bond donors (Lipinski definition) is 1. The smallest absolute Gasteiger partial charge is 0.308 e. The van der Waals surface area contributed by atoms with E-state index in [1.807, 2.05) is 0 Å². The minimum Gasteiger partial charge on any atom is -0.481 e. The lowest BCUT2D eigenvalue weighted by Gasteiger charge is -2.25. The van der Waals surface area contributed by atoms with E-state index in [-0.39, 0.29) is 24.2 Å². The number of carbonyl (C=O) groups is 3. The van der Waals surface area contributed by atoms with Gasteiger partial charge in [0.25, 0.3) is 0 Å². The maximum absolute atomic E-state index is 11.6. The molecular formula is C10H15NO4. The Kier molecular flexibility index (Phi) is 3.12. The molecule has 1 rings (SSSR count). The number of carboxylic acids is 1. The summed E-state index contributed by atoms with van der Waals surface area (Å²) in [4.78, 5) is 34.9. The van der Waals surface area contributed by atoms with Crippen LogP contribution in [0, 0.1) is 11.8 Å². The van der Waals surface area contributed by atoms with E-state index in [4.69, 9.17) is 5.11 Å². The van der Waals surface area contributed by atoms with Gasteiger partial charge in [-0.15, -0.1) is 0 Å². The molecule has 1 aliphatic heterocycles. The number of carbonyl (C=O) groups excluding carboxylic acids is 2. The second-order valence-corrected chi connectivity index (χ2v) is 4.07. The van der Waals surface area contributed by atoms with Crippen LogP contribution in [0.25, 0.3) is 0 Å². The van der Waals surface area contributed by atoms with Crippen molar-refractivity contribution in [3.05, 3.63) is 0 Å². The molecule has 0 bridgehead atoms. The number of hydrogen-bond acceptors (Lipinski definition) is 3. The average molecular weight is 213 g/mol. The van der Waals surface area contributed by atoms with Crippen LogP contribution in [0.5, 0.6) is 0 Å². The Labute approximate surface area is 88.1 Å². The molecule has 0 aromatic heterocycles. The highest BCUT2D eigenvalue weighted by Crippen LogP contribution is 2.24. The van der Waals surface area contributed by atoms with E-state index >= 15 is 0 Å². The van der Waals surface area contributed by atoms with Gasteiger partial charge in [-0.25, -0.2) is 0 Å². The van der Waals surface area contributed by atoms with Crippen molar-refractivity contribution in [3.8, 4) is 0 Å². The van der Waals surface area contributed by atoms with E-state index in [1.54, 1.807) is 13.8 Å². The minimum absolute atomic E-state index is 0.190. The van der Waals surface area contributed by atoms with Crippen molar-refractivity contribution in [1.82, 2.24) is 4.90 Å². The fraction of sp³-hybridized carbons (Fsp3) is 0.700. The van der Waals surface area contributed by atoms with Crippen molar-refractivity contribution >= 4 is 17.8 Å². The Morgan fingerprint density at radius 2 is 2.00 bits per heavy atom. The quantitative estimate of drug-likeness (QED) is 0.692. The largest absolute Gasteiger partial charge is 0.481 e. The lowest BCUT2D eigenvalue weighted by molar-refractivity contribution is -0.148. The van der Waals surface area contributed by atoms with Gasteiger partial charge in [-0.2, -0.15) is 0 Å². The molecule has 0 saturated carbocycles. The molecule has 0 radical (unpaired) electrons. The van der Waals surface area contributed by atoms with Crippen molar-refractivity contribution < 1.29 is 19.5 Å². The van der Waals surface area contributed by atoms with Gasteiger partial charge in [0.15, 0.2) is 0 Å². The van der Waals surface area contributed by atoms with Gasteiger partial charge in [0.1, 0.15) is 0 Å². The molecule has 1 heterocycles. The molecule has 1 saturated heterocycles. The summed E-state index contributed by atoms with van der Waals surface area (Å²) in [5.74, 6) is -2.58. The topological polar surface area (TPSA) is 74.7 Å². The maximum Gasteiger partial charge on any atom is 0.308 e. The van der Waals surface area contributed by atoms with E-state index < -0.39 is 17.9 Å². The minimum atomic E-state index is -0.998. The lowest BCUT2D eigenvalue weighted by atomic mass is 10.0. The lowest BCUT2D eigenvalue weighted by Crippen LogP contribution is -2.44. The Hall–Kier alpha value is -1.39. The van der Waals surface area contributed by atoms with Gasteiger partial charge >= 0.3 is 5.97 Å². The molecular weight excluding hydrogens is 198 g/mol. The van der Waals surface area contributed by atoms with Gasteiger partial charge in [0, 0.05) is 18.4 Å². The third kappa shape index (κ3) is 2.00. The normalized spacial score (nSPS) is 25.5. The first-order chi connectivity index (χ1) is 6.86. The first kappa shape index (κ1) is 11.7. The van der Waals surface area contributed by atoms with Crippen molar-refractivity contribution in [3.63, 3.8) is 0 Å². The number of nitrogens with zero attached hydrogens (tertiary/aromatic N) is 1. The summed E-state index contributed by atoms with van der Waals surface area (Å²) in [5.41, 5.74) is 0. The van der Waals surface area contributed by atoms with Crippen LogP contribution >= 0.6 is 0 Å². The molecule has 0 spiro atoms. The summed E-state index contributed by atoms with van der Waals surface area (Å²) in [6, 6.07) is -0.576. The van der Waals surface area contributed by atoms with E-state index in [9.17, 15) is 14.4 Å². The summed E-state index contributed by atoms with van der Waals surface area (Å²) in [5, 5.41) is 8.80. The van der Waals surface area contributed by atoms with Gasteiger partial charge in [0.2, 0.25) is 11.8 Å². The third-order valence-corrected chi connectivity index (χ3v) is 2.93. The van der Waals surface area contributed by atoms with Crippen LogP contribution in [-0.2, 0) is 14.4 Å². The molecule has 3 atom stereocenters.